The number of amides is 1. The van der Waals surface area contributed by atoms with Gasteiger partial charge in [-0.3, -0.25) is 9.59 Å². The van der Waals surface area contributed by atoms with Crippen molar-refractivity contribution in [2.24, 2.45) is 0 Å². The molecular weight excluding hydrogens is 775 g/mol. The molecule has 1 saturated heterocycles. The summed E-state index contributed by atoms with van der Waals surface area (Å²) in [6, 6.07) is 17.2. The van der Waals surface area contributed by atoms with Crippen LogP contribution in [0.3, 0.4) is 0 Å². The summed E-state index contributed by atoms with van der Waals surface area (Å²) in [6.07, 6.45) is 4.17. The third kappa shape index (κ3) is 8.49. The number of hydrogen-bond acceptors (Lipinski definition) is 10. The van der Waals surface area contributed by atoms with E-state index in [1.54, 1.807) is 71.1 Å². The van der Waals surface area contributed by atoms with Gasteiger partial charge in [0.1, 0.15) is 15.6 Å². The van der Waals surface area contributed by atoms with Crippen molar-refractivity contribution in [1.82, 2.24) is 24.2 Å². The van der Waals surface area contributed by atoms with E-state index in [1.807, 2.05) is 0 Å². The van der Waals surface area contributed by atoms with Crippen LogP contribution in [0.15, 0.2) is 94.3 Å². The lowest BCUT2D eigenvalue weighted by atomic mass is 10.1. The lowest BCUT2D eigenvalue weighted by molar-refractivity contribution is 0.0685. The standard InChI is InChI=1S/C28H26ClFN4O6S2.C9H6N2O2/c1-2-32-16-21(28(37)38)26(35)20-13-22(30)24(14-23(20)32)33-9-11-34(12-10-33)42(39,40)25-8-7-19(41-25)15-31-27(36)17-3-5-18(29)6-4-17;12-9(13)7-4-6-2-1-3-10-8(6)11-5-7/h3-8,13-14,16H,2,9-12,15H2,1H3,(H,31,36)(H,37,38);1-5H,(H,12,13). The molecule has 18 heteroatoms. The number of fused-ring (bicyclic) bond motifs is 2. The van der Waals surface area contributed by atoms with Crippen LogP contribution in [-0.2, 0) is 23.1 Å². The number of aromatic carboxylic acids is 2. The maximum absolute atomic E-state index is 15.2. The van der Waals surface area contributed by atoms with Crippen molar-refractivity contribution in [3.63, 3.8) is 0 Å². The molecule has 0 bridgehead atoms. The third-order valence-electron chi connectivity index (χ3n) is 8.76. The molecule has 2 aromatic carbocycles. The number of hydrogen-bond donors (Lipinski definition) is 3. The van der Waals surface area contributed by atoms with Gasteiger partial charge in [0.2, 0.25) is 5.43 Å². The molecule has 0 atom stereocenters. The second kappa shape index (κ2) is 16.3. The zero-order chi connectivity index (χ0) is 39.4. The number of aromatic nitrogens is 3. The zero-order valence-electron chi connectivity index (χ0n) is 29.0. The van der Waals surface area contributed by atoms with E-state index in [4.69, 9.17) is 16.7 Å². The van der Waals surface area contributed by atoms with Crippen LogP contribution in [0.25, 0.3) is 21.9 Å². The maximum Gasteiger partial charge on any atom is 0.341 e. The number of benzene rings is 2. The zero-order valence-corrected chi connectivity index (χ0v) is 31.4. The predicted octanol–water partition coefficient (Wildman–Crippen LogP) is 5.34. The number of sulfonamides is 1. The summed E-state index contributed by atoms with van der Waals surface area (Å²) in [7, 11) is -3.81. The minimum atomic E-state index is -3.81. The molecule has 55 heavy (non-hydrogen) atoms. The highest BCUT2D eigenvalue weighted by atomic mass is 35.5. The average molecular weight is 807 g/mol. The topological polar surface area (TPSA) is 192 Å². The Balaban J connectivity index is 0.000000332. The highest BCUT2D eigenvalue weighted by Crippen LogP contribution is 2.29. The fraction of sp³-hybridized carbons (Fsp3) is 0.189. The van der Waals surface area contributed by atoms with Gasteiger partial charge in [0, 0.05) is 77.5 Å². The first-order chi connectivity index (χ1) is 26.3. The number of pyridine rings is 3. The molecule has 0 saturated carbocycles. The van der Waals surface area contributed by atoms with Crippen LogP contribution < -0.4 is 15.6 Å². The van der Waals surface area contributed by atoms with Crippen LogP contribution in [0, 0.1) is 5.82 Å². The van der Waals surface area contributed by atoms with Gasteiger partial charge in [0.05, 0.1) is 23.3 Å². The molecule has 1 aliphatic rings. The van der Waals surface area contributed by atoms with Crippen LogP contribution in [0.5, 0.6) is 0 Å². The summed E-state index contributed by atoms with van der Waals surface area (Å²) in [6.45, 7) is 2.94. The number of carbonyl (C=O) groups excluding carboxylic acids is 1. The molecule has 5 heterocycles. The summed E-state index contributed by atoms with van der Waals surface area (Å²) in [5.74, 6) is -3.35. The van der Waals surface area contributed by atoms with Crippen molar-refractivity contribution in [2.45, 2.75) is 24.2 Å². The van der Waals surface area contributed by atoms with Gasteiger partial charge in [-0.15, -0.1) is 11.3 Å². The molecule has 4 aromatic heterocycles. The predicted molar refractivity (Wildman–Crippen MR) is 205 cm³/mol. The van der Waals surface area contributed by atoms with E-state index in [0.29, 0.717) is 33.2 Å². The fourth-order valence-electron chi connectivity index (χ4n) is 5.90. The normalized spacial score (nSPS) is 13.3. The molecule has 3 N–H and O–H groups in total. The van der Waals surface area contributed by atoms with E-state index in [0.717, 1.165) is 22.8 Å². The molecular formula is C37H32ClFN6O8S2. The van der Waals surface area contributed by atoms with Gasteiger partial charge in [0.15, 0.2) is 5.65 Å². The number of carboxylic acid groups (broad SMARTS) is 2. The summed E-state index contributed by atoms with van der Waals surface area (Å²) < 4.78 is 45.0. The summed E-state index contributed by atoms with van der Waals surface area (Å²) in [4.78, 5) is 57.3. The number of halogens is 2. The van der Waals surface area contributed by atoms with Gasteiger partial charge in [0.25, 0.3) is 15.9 Å². The van der Waals surface area contributed by atoms with E-state index >= 15 is 4.39 Å². The quantitative estimate of drug-likeness (QED) is 0.171. The lowest BCUT2D eigenvalue weighted by Gasteiger charge is -2.35. The molecule has 14 nitrogen and oxygen atoms in total. The van der Waals surface area contributed by atoms with E-state index in [1.165, 1.54) is 28.8 Å². The largest absolute Gasteiger partial charge is 0.478 e. The van der Waals surface area contributed by atoms with Gasteiger partial charge in [-0.2, -0.15) is 4.31 Å². The van der Waals surface area contributed by atoms with Crippen molar-refractivity contribution in [3.8, 4) is 0 Å². The molecule has 0 radical (unpaired) electrons. The van der Waals surface area contributed by atoms with Gasteiger partial charge in [-0.25, -0.2) is 32.4 Å². The second-order valence-corrected chi connectivity index (χ2v) is 15.9. The van der Waals surface area contributed by atoms with Gasteiger partial charge in [-0.1, -0.05) is 11.6 Å². The Morgan fingerprint density at radius 2 is 1.67 bits per heavy atom. The molecule has 0 unspecified atom stereocenters. The number of anilines is 1. The van der Waals surface area contributed by atoms with Crippen LogP contribution in [0.4, 0.5) is 10.1 Å². The number of carboxylic acids is 2. The third-order valence-corrected chi connectivity index (χ3v) is 12.5. The number of nitrogens with zero attached hydrogens (tertiary/aromatic N) is 5. The molecule has 1 amide bonds. The molecule has 1 aliphatic heterocycles. The van der Waals surface area contributed by atoms with Crippen LogP contribution in [-0.4, -0.2) is 81.5 Å². The highest BCUT2D eigenvalue weighted by molar-refractivity contribution is 7.91. The Labute approximate surface area is 322 Å². The van der Waals surface area contributed by atoms with E-state index in [2.05, 4.69) is 15.3 Å². The van der Waals surface area contributed by atoms with Crippen LogP contribution in [0.1, 0.15) is 42.9 Å². The molecule has 0 aliphatic carbocycles. The monoisotopic (exact) mass is 806 g/mol. The summed E-state index contributed by atoms with van der Waals surface area (Å²) in [5, 5.41) is 22.0. The summed E-state index contributed by atoms with van der Waals surface area (Å²) >= 11 is 6.93. The lowest BCUT2D eigenvalue weighted by Crippen LogP contribution is -2.48. The second-order valence-electron chi connectivity index (χ2n) is 12.2. The van der Waals surface area contributed by atoms with E-state index in [-0.39, 0.29) is 59.5 Å². The van der Waals surface area contributed by atoms with Crippen LogP contribution in [0.2, 0.25) is 5.02 Å². The maximum atomic E-state index is 15.2. The molecule has 7 rings (SSSR count). The Kier molecular flexibility index (Phi) is 11.6. The van der Waals surface area contributed by atoms with Crippen molar-refractivity contribution < 1.29 is 37.4 Å². The van der Waals surface area contributed by atoms with Crippen molar-refractivity contribution in [2.75, 3.05) is 31.1 Å². The molecule has 6 aromatic rings. The Bertz CT molecular complexity index is 2610. The van der Waals surface area contributed by atoms with Gasteiger partial charge < -0.3 is 25.0 Å². The minimum absolute atomic E-state index is 0.0305. The number of thiophene rings is 1. The molecule has 284 valence electrons. The first-order valence-corrected chi connectivity index (χ1v) is 19.3. The number of carbonyl (C=O) groups is 3. The fourth-order valence-corrected chi connectivity index (χ4v) is 8.90. The summed E-state index contributed by atoms with van der Waals surface area (Å²) in [5.41, 5.74) is 0.590. The first kappa shape index (κ1) is 39.0. The molecule has 1 fully saturated rings. The van der Waals surface area contributed by atoms with Gasteiger partial charge >= 0.3 is 11.9 Å². The number of aryl methyl sites for hydroxylation is 1. The van der Waals surface area contributed by atoms with Crippen molar-refractivity contribution >= 4 is 78.4 Å². The Hall–Kier alpha value is -5.75. The smallest absolute Gasteiger partial charge is 0.341 e. The van der Waals surface area contributed by atoms with Crippen molar-refractivity contribution in [3.05, 3.63) is 128 Å². The SMILES string of the molecule is CCn1cc(C(=O)O)c(=O)c2cc(F)c(N3CCN(S(=O)(=O)c4ccc(CNC(=O)c5ccc(Cl)cc5)s4)CC3)cc21.O=C(O)c1cnc2ncccc2c1. The average Bonchev–Trinajstić information content (AvgIpc) is 3.67. The Morgan fingerprint density at radius 1 is 0.945 bits per heavy atom. The number of nitrogens with one attached hydrogen (secondary N) is 1. The number of piperazine rings is 1. The Morgan fingerprint density at radius 3 is 2.35 bits per heavy atom. The molecule has 0 spiro atoms. The van der Waals surface area contributed by atoms with E-state index in [9.17, 15) is 32.7 Å². The van der Waals surface area contributed by atoms with E-state index < -0.39 is 38.8 Å². The van der Waals surface area contributed by atoms with Crippen molar-refractivity contribution in [1.29, 1.82) is 0 Å². The van der Waals surface area contributed by atoms with Gasteiger partial charge in [-0.05, 0) is 73.7 Å². The highest BCUT2D eigenvalue weighted by Gasteiger charge is 2.31. The first-order valence-electron chi connectivity index (χ1n) is 16.7. The minimum Gasteiger partial charge on any atom is -0.478 e. The van der Waals surface area contributed by atoms with Crippen LogP contribution >= 0.6 is 22.9 Å². The number of rotatable bonds is 9.